The van der Waals surface area contributed by atoms with Gasteiger partial charge in [0.15, 0.2) is 5.82 Å². The molecule has 0 aromatic carbocycles. The molecular formula is C12H15ClN4O. The van der Waals surface area contributed by atoms with Crippen molar-refractivity contribution in [3.8, 4) is 0 Å². The van der Waals surface area contributed by atoms with Crippen LogP contribution < -0.4 is 4.90 Å². The molecule has 1 aliphatic rings. The number of fused-ring (bicyclic) bond motifs is 1. The van der Waals surface area contributed by atoms with Crippen molar-refractivity contribution in [2.24, 2.45) is 0 Å². The Morgan fingerprint density at radius 3 is 3.22 bits per heavy atom. The third kappa shape index (κ3) is 1.93. The minimum Gasteiger partial charge on any atom is -0.373 e. The van der Waals surface area contributed by atoms with Gasteiger partial charge in [0.25, 0.3) is 0 Å². The topological polar surface area (TPSA) is 42.7 Å². The maximum atomic E-state index is 5.89. The molecule has 3 rings (SSSR count). The predicted molar refractivity (Wildman–Crippen MR) is 70.3 cm³/mol. The zero-order chi connectivity index (χ0) is 12.5. The summed E-state index contributed by atoms with van der Waals surface area (Å²) in [5, 5.41) is 4.23. The van der Waals surface area contributed by atoms with E-state index in [2.05, 4.69) is 21.9 Å². The Bertz CT molecular complexity index is 544. The van der Waals surface area contributed by atoms with Gasteiger partial charge in [-0.15, -0.1) is 11.6 Å². The summed E-state index contributed by atoms with van der Waals surface area (Å²) in [5.41, 5.74) is 1.01. The van der Waals surface area contributed by atoms with E-state index >= 15 is 0 Å². The van der Waals surface area contributed by atoms with Gasteiger partial charge in [-0.25, -0.2) is 9.50 Å². The van der Waals surface area contributed by atoms with Gasteiger partial charge in [0, 0.05) is 18.9 Å². The lowest BCUT2D eigenvalue weighted by atomic mass is 10.2. The van der Waals surface area contributed by atoms with Gasteiger partial charge in [0.2, 0.25) is 0 Å². The van der Waals surface area contributed by atoms with E-state index in [-0.39, 0.29) is 12.1 Å². The van der Waals surface area contributed by atoms with Crippen molar-refractivity contribution in [3.63, 3.8) is 0 Å². The van der Waals surface area contributed by atoms with E-state index in [1.54, 1.807) is 12.4 Å². The third-order valence-electron chi connectivity index (χ3n) is 3.25. The molecule has 1 saturated heterocycles. The minimum absolute atomic E-state index is 0.0628. The molecule has 0 amide bonds. The summed E-state index contributed by atoms with van der Waals surface area (Å²) >= 11 is 5.89. The molecule has 0 spiro atoms. The Hall–Kier alpha value is -1.33. The zero-order valence-electron chi connectivity index (χ0n) is 10.2. The largest absolute Gasteiger partial charge is 0.373 e. The summed E-state index contributed by atoms with van der Waals surface area (Å²) in [6.45, 7) is 3.57. The van der Waals surface area contributed by atoms with Crippen LogP contribution in [0.25, 0.3) is 5.52 Å². The van der Waals surface area contributed by atoms with E-state index in [0.29, 0.717) is 12.5 Å². The highest BCUT2D eigenvalue weighted by Crippen LogP contribution is 2.24. The van der Waals surface area contributed by atoms with Gasteiger partial charge >= 0.3 is 0 Å². The molecule has 96 valence electrons. The van der Waals surface area contributed by atoms with Crippen molar-refractivity contribution in [3.05, 3.63) is 24.7 Å². The van der Waals surface area contributed by atoms with Gasteiger partial charge in [-0.3, -0.25) is 0 Å². The standard InChI is InChI=1S/C12H15ClN4O/c1-9-8-18-10(6-13)7-16(9)12-11-2-3-15-17(11)5-4-14-12/h2-5,9-10H,6-8H2,1H3. The van der Waals surface area contributed by atoms with Crippen molar-refractivity contribution in [1.29, 1.82) is 0 Å². The number of rotatable bonds is 2. The predicted octanol–water partition coefficient (Wildman–Crippen LogP) is 1.56. The monoisotopic (exact) mass is 266 g/mol. The van der Waals surface area contributed by atoms with Gasteiger partial charge in [-0.1, -0.05) is 0 Å². The number of halogens is 1. The van der Waals surface area contributed by atoms with Gasteiger partial charge in [-0.2, -0.15) is 5.10 Å². The second-order valence-electron chi connectivity index (χ2n) is 4.52. The zero-order valence-corrected chi connectivity index (χ0v) is 10.9. The SMILES string of the molecule is CC1COC(CCl)CN1c1nccn2nccc12. The molecule has 0 radical (unpaired) electrons. The van der Waals surface area contributed by atoms with Crippen LogP contribution in [-0.2, 0) is 4.74 Å². The molecule has 1 aliphatic heterocycles. The highest BCUT2D eigenvalue weighted by Gasteiger charge is 2.27. The average Bonchev–Trinajstić information content (AvgIpc) is 2.87. The van der Waals surface area contributed by atoms with Gasteiger partial charge in [0.1, 0.15) is 5.52 Å². The number of morpholine rings is 1. The Morgan fingerprint density at radius 1 is 1.50 bits per heavy atom. The number of ether oxygens (including phenoxy) is 1. The summed E-state index contributed by atoms with van der Waals surface area (Å²) in [5.74, 6) is 1.45. The van der Waals surface area contributed by atoms with Gasteiger partial charge in [-0.05, 0) is 13.0 Å². The van der Waals surface area contributed by atoms with Crippen LogP contribution in [0.2, 0.25) is 0 Å². The van der Waals surface area contributed by atoms with Gasteiger partial charge < -0.3 is 9.64 Å². The summed E-state index contributed by atoms with van der Waals surface area (Å²) in [6, 6.07) is 2.26. The first-order valence-electron chi connectivity index (χ1n) is 6.02. The second-order valence-corrected chi connectivity index (χ2v) is 4.83. The van der Waals surface area contributed by atoms with E-state index in [0.717, 1.165) is 17.9 Å². The van der Waals surface area contributed by atoms with Crippen molar-refractivity contribution in [1.82, 2.24) is 14.6 Å². The Labute approximate surface area is 110 Å². The lowest BCUT2D eigenvalue weighted by molar-refractivity contribution is 0.0362. The molecule has 0 bridgehead atoms. The molecule has 2 aromatic heterocycles. The van der Waals surface area contributed by atoms with Crippen molar-refractivity contribution < 1.29 is 4.74 Å². The Kier molecular flexibility index (Phi) is 3.09. The summed E-state index contributed by atoms with van der Waals surface area (Å²) in [4.78, 5) is 6.73. The summed E-state index contributed by atoms with van der Waals surface area (Å²) < 4.78 is 7.49. The smallest absolute Gasteiger partial charge is 0.155 e. The molecule has 0 N–H and O–H groups in total. The van der Waals surface area contributed by atoms with E-state index in [9.17, 15) is 0 Å². The number of hydrogen-bond acceptors (Lipinski definition) is 4. The first-order chi connectivity index (χ1) is 8.79. The molecule has 0 aliphatic carbocycles. The molecule has 2 unspecified atom stereocenters. The fourth-order valence-corrected chi connectivity index (χ4v) is 2.46. The molecular weight excluding hydrogens is 252 g/mol. The number of alkyl halides is 1. The second kappa shape index (κ2) is 4.74. The number of aromatic nitrogens is 3. The van der Waals surface area contributed by atoms with Crippen molar-refractivity contribution >= 4 is 22.9 Å². The normalized spacial score (nSPS) is 24.7. The number of anilines is 1. The van der Waals surface area contributed by atoms with E-state index < -0.39 is 0 Å². The van der Waals surface area contributed by atoms with E-state index in [1.807, 2.05) is 16.8 Å². The Morgan fingerprint density at radius 2 is 2.39 bits per heavy atom. The number of hydrogen-bond donors (Lipinski definition) is 0. The highest BCUT2D eigenvalue weighted by atomic mass is 35.5. The molecule has 5 nitrogen and oxygen atoms in total. The van der Waals surface area contributed by atoms with Crippen LogP contribution in [0, 0.1) is 0 Å². The van der Waals surface area contributed by atoms with Crippen molar-refractivity contribution in [2.75, 3.05) is 23.9 Å². The molecule has 0 saturated carbocycles. The summed E-state index contributed by atoms with van der Waals surface area (Å²) in [7, 11) is 0. The fourth-order valence-electron chi connectivity index (χ4n) is 2.27. The highest BCUT2D eigenvalue weighted by molar-refractivity contribution is 6.18. The molecule has 3 heterocycles. The molecule has 1 fully saturated rings. The maximum absolute atomic E-state index is 5.89. The van der Waals surface area contributed by atoms with Crippen LogP contribution in [0.1, 0.15) is 6.92 Å². The lowest BCUT2D eigenvalue weighted by Crippen LogP contribution is -2.49. The molecule has 6 heteroatoms. The Balaban J connectivity index is 1.99. The lowest BCUT2D eigenvalue weighted by Gasteiger charge is -2.38. The quantitative estimate of drug-likeness (QED) is 0.774. The van der Waals surface area contributed by atoms with E-state index in [4.69, 9.17) is 16.3 Å². The van der Waals surface area contributed by atoms with Crippen molar-refractivity contribution in [2.45, 2.75) is 19.1 Å². The first-order valence-corrected chi connectivity index (χ1v) is 6.55. The van der Waals surface area contributed by atoms with Crippen LogP contribution in [-0.4, -0.2) is 45.8 Å². The maximum Gasteiger partial charge on any atom is 0.155 e. The van der Waals surface area contributed by atoms with Crippen LogP contribution >= 0.6 is 11.6 Å². The van der Waals surface area contributed by atoms with Crippen LogP contribution in [0.4, 0.5) is 5.82 Å². The fraction of sp³-hybridized carbons (Fsp3) is 0.500. The summed E-state index contributed by atoms with van der Waals surface area (Å²) in [6.07, 6.45) is 5.47. The third-order valence-corrected chi connectivity index (χ3v) is 3.60. The molecule has 18 heavy (non-hydrogen) atoms. The first kappa shape index (κ1) is 11.7. The van der Waals surface area contributed by atoms with Crippen LogP contribution in [0.5, 0.6) is 0 Å². The minimum atomic E-state index is 0.0628. The number of nitrogens with zero attached hydrogens (tertiary/aromatic N) is 4. The van der Waals surface area contributed by atoms with Gasteiger partial charge in [0.05, 0.1) is 30.8 Å². The molecule has 2 aromatic rings. The van der Waals surface area contributed by atoms with E-state index in [1.165, 1.54) is 0 Å². The van der Waals surface area contributed by atoms with Crippen LogP contribution in [0.3, 0.4) is 0 Å². The molecule has 2 atom stereocenters. The average molecular weight is 267 g/mol. The van der Waals surface area contributed by atoms with Crippen LogP contribution in [0.15, 0.2) is 24.7 Å².